The molecule has 0 heterocycles. The number of rotatable bonds is 11. The van der Waals surface area contributed by atoms with Crippen LogP contribution in [0.3, 0.4) is 0 Å². The number of halogens is 1. The fourth-order valence-corrected chi connectivity index (χ4v) is 5.41. The zero-order valence-corrected chi connectivity index (χ0v) is 23.8. The minimum absolute atomic E-state index is 0.00163. The number of sulfonamides is 1. The molecule has 3 rings (SSSR count). The Balaban J connectivity index is 2.03. The van der Waals surface area contributed by atoms with Crippen LogP contribution in [-0.4, -0.2) is 43.8 Å². The Morgan fingerprint density at radius 2 is 1.54 bits per heavy atom. The number of carbonyl (C=O) groups excluding carboxylic acids is 2. The number of benzene rings is 3. The zero-order chi connectivity index (χ0) is 28.7. The number of hydrogen-bond acceptors (Lipinski definition) is 4. The predicted octanol–water partition coefficient (Wildman–Crippen LogP) is 4.97. The second kappa shape index (κ2) is 12.9. The van der Waals surface area contributed by atoms with Crippen LogP contribution in [0.2, 0.25) is 0 Å². The van der Waals surface area contributed by atoms with Gasteiger partial charge in [0.2, 0.25) is 11.8 Å². The van der Waals surface area contributed by atoms with Crippen molar-refractivity contribution >= 4 is 27.5 Å². The van der Waals surface area contributed by atoms with Gasteiger partial charge in [0.05, 0.1) is 10.6 Å². The Bertz CT molecular complexity index is 1390. The first-order valence-corrected chi connectivity index (χ1v) is 14.4. The molecule has 0 aromatic heterocycles. The molecule has 0 aliphatic rings. The maximum Gasteiger partial charge on any atom is 0.264 e. The molecular formula is C30H36FN3O4S. The van der Waals surface area contributed by atoms with Crippen molar-refractivity contribution in [2.24, 2.45) is 0 Å². The topological polar surface area (TPSA) is 86.8 Å². The third-order valence-corrected chi connectivity index (χ3v) is 8.56. The zero-order valence-electron chi connectivity index (χ0n) is 23.0. The first kappa shape index (κ1) is 29.8. The average molecular weight is 554 g/mol. The Morgan fingerprint density at radius 1 is 0.923 bits per heavy atom. The minimum atomic E-state index is -4.20. The van der Waals surface area contributed by atoms with E-state index in [2.05, 4.69) is 5.32 Å². The van der Waals surface area contributed by atoms with Crippen LogP contribution in [0, 0.1) is 19.7 Å². The normalized spacial score (nSPS) is 12.9. The van der Waals surface area contributed by atoms with Gasteiger partial charge in [-0.05, 0) is 81.6 Å². The molecule has 0 unspecified atom stereocenters. The Labute approximate surface area is 230 Å². The van der Waals surface area contributed by atoms with Crippen LogP contribution in [0.5, 0.6) is 0 Å². The summed E-state index contributed by atoms with van der Waals surface area (Å²) < 4.78 is 42.2. The van der Waals surface area contributed by atoms with Crippen molar-refractivity contribution in [2.45, 2.75) is 64.6 Å². The van der Waals surface area contributed by atoms with Crippen molar-refractivity contribution in [3.05, 3.63) is 95.3 Å². The Hall–Kier alpha value is -3.72. The van der Waals surface area contributed by atoms with E-state index in [-0.39, 0.29) is 29.1 Å². The highest BCUT2D eigenvalue weighted by molar-refractivity contribution is 7.92. The highest BCUT2D eigenvalue weighted by atomic mass is 32.2. The minimum Gasteiger partial charge on any atom is -0.352 e. The van der Waals surface area contributed by atoms with Crippen molar-refractivity contribution in [2.75, 3.05) is 10.8 Å². The highest BCUT2D eigenvalue weighted by Crippen LogP contribution is 2.25. The van der Waals surface area contributed by atoms with E-state index in [9.17, 15) is 22.4 Å². The van der Waals surface area contributed by atoms with E-state index in [1.165, 1.54) is 29.2 Å². The lowest BCUT2D eigenvalue weighted by Crippen LogP contribution is -2.52. The van der Waals surface area contributed by atoms with Gasteiger partial charge in [0.1, 0.15) is 18.4 Å². The molecule has 0 spiro atoms. The number of amides is 2. The summed E-state index contributed by atoms with van der Waals surface area (Å²) in [5.74, 6) is -1.43. The Morgan fingerprint density at radius 3 is 2.13 bits per heavy atom. The first-order chi connectivity index (χ1) is 18.4. The lowest BCUT2D eigenvalue weighted by Gasteiger charge is -2.32. The van der Waals surface area contributed by atoms with E-state index in [1.807, 2.05) is 52.0 Å². The second-order valence-electron chi connectivity index (χ2n) is 9.74. The highest BCUT2D eigenvalue weighted by Gasteiger charge is 2.33. The van der Waals surface area contributed by atoms with Crippen molar-refractivity contribution < 1.29 is 22.4 Å². The summed E-state index contributed by atoms with van der Waals surface area (Å²) in [7, 11) is -4.20. The number of carbonyl (C=O) groups is 2. The van der Waals surface area contributed by atoms with Gasteiger partial charge in [-0.3, -0.25) is 13.9 Å². The number of nitrogens with zero attached hydrogens (tertiary/aromatic N) is 2. The number of hydrogen-bond donors (Lipinski definition) is 1. The van der Waals surface area contributed by atoms with Crippen LogP contribution < -0.4 is 9.62 Å². The van der Waals surface area contributed by atoms with Crippen LogP contribution in [0.15, 0.2) is 77.7 Å². The molecule has 39 heavy (non-hydrogen) atoms. The molecule has 7 nitrogen and oxygen atoms in total. The van der Waals surface area contributed by atoms with E-state index in [4.69, 9.17) is 0 Å². The second-order valence-corrected chi connectivity index (χ2v) is 11.6. The molecular weight excluding hydrogens is 517 g/mol. The van der Waals surface area contributed by atoms with Gasteiger partial charge in [-0.25, -0.2) is 12.8 Å². The lowest BCUT2D eigenvalue weighted by atomic mass is 10.1. The van der Waals surface area contributed by atoms with E-state index in [1.54, 1.807) is 19.1 Å². The van der Waals surface area contributed by atoms with Gasteiger partial charge in [-0.15, -0.1) is 0 Å². The predicted molar refractivity (Wildman–Crippen MR) is 151 cm³/mol. The van der Waals surface area contributed by atoms with Crippen molar-refractivity contribution in [1.82, 2.24) is 10.2 Å². The summed E-state index contributed by atoms with van der Waals surface area (Å²) in [6, 6.07) is 17.8. The average Bonchev–Trinajstić information content (AvgIpc) is 2.91. The summed E-state index contributed by atoms with van der Waals surface area (Å²) in [6.07, 6.45) is 0.720. The van der Waals surface area contributed by atoms with Crippen LogP contribution in [0.25, 0.3) is 0 Å². The maximum atomic E-state index is 13.9. The summed E-state index contributed by atoms with van der Waals surface area (Å²) >= 11 is 0. The van der Waals surface area contributed by atoms with Gasteiger partial charge in [0.15, 0.2) is 0 Å². The van der Waals surface area contributed by atoms with Gasteiger partial charge in [-0.2, -0.15) is 0 Å². The fraction of sp³-hybridized carbons (Fsp3) is 0.333. The summed E-state index contributed by atoms with van der Waals surface area (Å²) in [4.78, 5) is 28.4. The Kier molecular flexibility index (Phi) is 9.86. The largest absolute Gasteiger partial charge is 0.352 e. The van der Waals surface area contributed by atoms with E-state index < -0.39 is 34.3 Å². The molecule has 208 valence electrons. The number of anilines is 1. The van der Waals surface area contributed by atoms with Gasteiger partial charge in [0, 0.05) is 12.6 Å². The summed E-state index contributed by atoms with van der Waals surface area (Å²) in [5, 5.41) is 2.91. The molecule has 2 atom stereocenters. The molecule has 1 N–H and O–H groups in total. The third-order valence-electron chi connectivity index (χ3n) is 6.77. The van der Waals surface area contributed by atoms with E-state index in [0.717, 1.165) is 39.5 Å². The van der Waals surface area contributed by atoms with Gasteiger partial charge in [0.25, 0.3) is 10.0 Å². The molecule has 3 aromatic rings. The van der Waals surface area contributed by atoms with Crippen LogP contribution in [-0.2, 0) is 26.2 Å². The van der Waals surface area contributed by atoms with E-state index in [0.29, 0.717) is 0 Å². The van der Waals surface area contributed by atoms with Crippen molar-refractivity contribution in [3.8, 4) is 0 Å². The van der Waals surface area contributed by atoms with Crippen LogP contribution in [0.4, 0.5) is 10.1 Å². The monoisotopic (exact) mass is 553 g/mol. The van der Waals surface area contributed by atoms with E-state index >= 15 is 0 Å². The fourth-order valence-electron chi connectivity index (χ4n) is 3.99. The smallest absolute Gasteiger partial charge is 0.264 e. The third kappa shape index (κ3) is 7.44. The van der Waals surface area contributed by atoms with Crippen LogP contribution in [0.1, 0.15) is 43.9 Å². The standard InChI is InChI=1S/C30H36FN3O4S/c1-6-23(4)32-30(36)24(5)33(19-25-10-8-7-9-22(25)3)29(35)20-34(27-15-13-26(31)14-16-27)39(37,38)28-17-11-21(2)12-18-28/h7-18,23-24H,6,19-20H2,1-5H3,(H,32,36)/t23-,24-/m0/s1. The molecule has 9 heteroatoms. The van der Waals surface area contributed by atoms with Crippen LogP contribution >= 0.6 is 0 Å². The first-order valence-electron chi connectivity index (χ1n) is 12.9. The number of aryl methyl sites for hydroxylation is 2. The summed E-state index contributed by atoms with van der Waals surface area (Å²) in [6.45, 7) is 8.74. The summed E-state index contributed by atoms with van der Waals surface area (Å²) in [5.41, 5.74) is 2.79. The van der Waals surface area contributed by atoms with Gasteiger partial charge >= 0.3 is 0 Å². The lowest BCUT2D eigenvalue weighted by molar-refractivity contribution is -0.139. The molecule has 0 aliphatic carbocycles. The number of nitrogens with one attached hydrogen (secondary N) is 1. The van der Waals surface area contributed by atoms with Gasteiger partial charge < -0.3 is 10.2 Å². The quantitative estimate of drug-likeness (QED) is 0.363. The maximum absolute atomic E-state index is 13.9. The molecule has 0 radical (unpaired) electrons. The molecule has 0 saturated carbocycles. The van der Waals surface area contributed by atoms with Crippen molar-refractivity contribution in [3.63, 3.8) is 0 Å². The molecule has 0 bridgehead atoms. The molecule has 3 aromatic carbocycles. The molecule has 2 amide bonds. The van der Waals surface area contributed by atoms with Gasteiger partial charge in [-0.1, -0.05) is 48.9 Å². The molecule has 0 saturated heterocycles. The SMILES string of the molecule is CC[C@H](C)NC(=O)[C@H](C)N(Cc1ccccc1C)C(=O)CN(c1ccc(F)cc1)S(=O)(=O)c1ccc(C)cc1. The van der Waals surface area contributed by atoms with Crippen molar-refractivity contribution in [1.29, 1.82) is 0 Å². The molecule has 0 aliphatic heterocycles. The molecule has 0 fully saturated rings.